The highest BCUT2D eigenvalue weighted by Crippen LogP contribution is 2.33. The molecule has 28 heavy (non-hydrogen) atoms. The molecule has 1 atom stereocenters. The molecular weight excluding hydrogens is 350 g/mol. The summed E-state index contributed by atoms with van der Waals surface area (Å²) in [4.78, 5) is 17.3. The summed E-state index contributed by atoms with van der Waals surface area (Å²) in [6, 6.07) is 17.0. The Morgan fingerprint density at radius 3 is 2.57 bits per heavy atom. The van der Waals surface area contributed by atoms with Crippen molar-refractivity contribution in [1.82, 2.24) is 4.90 Å². The second kappa shape index (κ2) is 8.76. The second-order valence-electron chi connectivity index (χ2n) is 7.68. The molecule has 5 heteroatoms. The molecule has 2 aromatic carbocycles. The Kier molecular flexibility index (Phi) is 5.93. The normalized spacial score (nSPS) is 20.3. The highest BCUT2D eigenvalue weighted by Gasteiger charge is 2.28. The van der Waals surface area contributed by atoms with Gasteiger partial charge in [0.1, 0.15) is 0 Å². The van der Waals surface area contributed by atoms with Crippen molar-refractivity contribution < 1.29 is 9.53 Å². The van der Waals surface area contributed by atoms with E-state index in [1.165, 1.54) is 16.8 Å². The summed E-state index contributed by atoms with van der Waals surface area (Å²) in [6.45, 7) is 6.95. The molecule has 0 bridgehead atoms. The van der Waals surface area contributed by atoms with Crippen molar-refractivity contribution in [2.45, 2.75) is 25.8 Å². The predicted molar refractivity (Wildman–Crippen MR) is 113 cm³/mol. The number of morpholine rings is 1. The van der Waals surface area contributed by atoms with Crippen LogP contribution in [-0.2, 0) is 9.53 Å². The number of hydrogen-bond donors (Lipinski definition) is 1. The Hall–Kier alpha value is -2.37. The molecule has 148 valence electrons. The molecule has 1 N–H and O–H groups in total. The smallest absolute Gasteiger partial charge is 0.238 e. The van der Waals surface area contributed by atoms with Crippen molar-refractivity contribution in [3.05, 3.63) is 59.7 Å². The quantitative estimate of drug-likeness (QED) is 0.862. The number of likely N-dealkylation sites (tertiary alicyclic amines) is 1. The lowest BCUT2D eigenvalue weighted by atomic mass is 9.99. The van der Waals surface area contributed by atoms with E-state index in [1.807, 2.05) is 12.1 Å². The molecule has 0 radical (unpaired) electrons. The third kappa shape index (κ3) is 4.37. The molecule has 0 aromatic heterocycles. The molecule has 0 aliphatic carbocycles. The summed E-state index contributed by atoms with van der Waals surface area (Å²) in [5, 5.41) is 3.06. The first-order valence-electron chi connectivity index (χ1n) is 10.2. The van der Waals surface area contributed by atoms with Gasteiger partial charge in [0.25, 0.3) is 0 Å². The van der Waals surface area contributed by atoms with Crippen molar-refractivity contribution in [2.24, 2.45) is 0 Å². The number of anilines is 2. The minimum atomic E-state index is 0.0552. The summed E-state index contributed by atoms with van der Waals surface area (Å²) in [5.74, 6) is 0.0552. The molecule has 2 aliphatic heterocycles. The first kappa shape index (κ1) is 19.0. The Labute approximate surface area is 167 Å². The van der Waals surface area contributed by atoms with Gasteiger partial charge in [-0.3, -0.25) is 9.69 Å². The van der Waals surface area contributed by atoms with E-state index in [9.17, 15) is 4.79 Å². The van der Waals surface area contributed by atoms with Gasteiger partial charge < -0.3 is 15.0 Å². The zero-order valence-corrected chi connectivity index (χ0v) is 16.6. The van der Waals surface area contributed by atoms with Crippen LogP contribution in [0.4, 0.5) is 11.4 Å². The summed E-state index contributed by atoms with van der Waals surface area (Å²) >= 11 is 0. The van der Waals surface area contributed by atoms with Gasteiger partial charge in [-0.2, -0.15) is 0 Å². The number of rotatable bonds is 5. The van der Waals surface area contributed by atoms with Crippen LogP contribution in [0.15, 0.2) is 48.5 Å². The van der Waals surface area contributed by atoms with Crippen LogP contribution in [0.2, 0.25) is 0 Å². The van der Waals surface area contributed by atoms with Gasteiger partial charge >= 0.3 is 0 Å². The number of amides is 1. The summed E-state index contributed by atoms with van der Waals surface area (Å²) in [7, 11) is 0. The van der Waals surface area contributed by atoms with E-state index in [1.54, 1.807) is 0 Å². The van der Waals surface area contributed by atoms with Gasteiger partial charge in [0, 0.05) is 30.5 Å². The molecule has 1 unspecified atom stereocenters. The fraction of sp³-hybridized carbons (Fsp3) is 0.435. The van der Waals surface area contributed by atoms with Gasteiger partial charge in [0.15, 0.2) is 0 Å². The average molecular weight is 380 g/mol. The van der Waals surface area contributed by atoms with Crippen molar-refractivity contribution >= 4 is 17.3 Å². The second-order valence-corrected chi connectivity index (χ2v) is 7.68. The minimum Gasteiger partial charge on any atom is -0.378 e. The molecular formula is C23H29N3O2. The number of nitrogens with one attached hydrogen (secondary N) is 1. The molecule has 1 amide bonds. The molecule has 0 spiro atoms. The zero-order valence-electron chi connectivity index (χ0n) is 16.6. The van der Waals surface area contributed by atoms with Gasteiger partial charge in [-0.05, 0) is 61.7 Å². The summed E-state index contributed by atoms with van der Waals surface area (Å²) in [5.41, 5.74) is 4.69. The standard InChI is InChI=1S/C23H29N3O2/c1-18-5-2-3-6-21(18)22-7-4-12-26(22)17-23(27)24-19-8-10-20(11-9-19)25-13-15-28-16-14-25/h2-3,5-6,8-11,22H,4,7,12-17H2,1H3,(H,24,27). The molecule has 2 aliphatic rings. The Morgan fingerprint density at radius 1 is 1.07 bits per heavy atom. The van der Waals surface area contributed by atoms with Crippen LogP contribution in [0.1, 0.15) is 30.0 Å². The van der Waals surface area contributed by atoms with E-state index in [0.717, 1.165) is 51.4 Å². The Bertz CT molecular complexity index is 800. The lowest BCUT2D eigenvalue weighted by Gasteiger charge is -2.29. The zero-order chi connectivity index (χ0) is 19.3. The van der Waals surface area contributed by atoms with E-state index in [4.69, 9.17) is 4.74 Å². The van der Waals surface area contributed by atoms with Gasteiger partial charge in [0.2, 0.25) is 5.91 Å². The maximum absolute atomic E-state index is 12.6. The largest absolute Gasteiger partial charge is 0.378 e. The van der Waals surface area contributed by atoms with Crippen LogP contribution < -0.4 is 10.2 Å². The average Bonchev–Trinajstić information content (AvgIpc) is 3.17. The predicted octanol–water partition coefficient (Wildman–Crippen LogP) is 3.61. The van der Waals surface area contributed by atoms with E-state index in [0.29, 0.717) is 12.6 Å². The first-order valence-corrected chi connectivity index (χ1v) is 10.2. The maximum atomic E-state index is 12.6. The molecule has 0 saturated carbocycles. The fourth-order valence-corrected chi connectivity index (χ4v) is 4.29. The highest BCUT2D eigenvalue weighted by molar-refractivity contribution is 5.92. The van der Waals surface area contributed by atoms with Crippen LogP contribution in [-0.4, -0.2) is 50.2 Å². The van der Waals surface area contributed by atoms with Crippen LogP contribution in [0.25, 0.3) is 0 Å². The number of benzene rings is 2. The van der Waals surface area contributed by atoms with Crippen molar-refractivity contribution in [3.63, 3.8) is 0 Å². The first-order chi connectivity index (χ1) is 13.7. The third-order valence-electron chi connectivity index (χ3n) is 5.79. The molecule has 2 fully saturated rings. The molecule has 5 nitrogen and oxygen atoms in total. The molecule has 2 heterocycles. The van der Waals surface area contributed by atoms with Crippen LogP contribution >= 0.6 is 0 Å². The Balaban J connectivity index is 1.35. The Morgan fingerprint density at radius 2 is 1.82 bits per heavy atom. The van der Waals surface area contributed by atoms with Crippen LogP contribution in [0.5, 0.6) is 0 Å². The van der Waals surface area contributed by atoms with Crippen LogP contribution in [0.3, 0.4) is 0 Å². The third-order valence-corrected chi connectivity index (χ3v) is 5.79. The maximum Gasteiger partial charge on any atom is 0.238 e. The number of ether oxygens (including phenoxy) is 1. The van der Waals surface area contributed by atoms with E-state index in [2.05, 4.69) is 58.4 Å². The van der Waals surface area contributed by atoms with Crippen molar-refractivity contribution in [3.8, 4) is 0 Å². The number of hydrogen-bond acceptors (Lipinski definition) is 4. The van der Waals surface area contributed by atoms with Crippen LogP contribution in [0, 0.1) is 6.92 Å². The van der Waals surface area contributed by atoms with Crippen molar-refractivity contribution in [1.29, 1.82) is 0 Å². The van der Waals surface area contributed by atoms with Crippen molar-refractivity contribution in [2.75, 3.05) is 49.6 Å². The van der Waals surface area contributed by atoms with Gasteiger partial charge in [0.05, 0.1) is 19.8 Å². The number of carbonyl (C=O) groups is 1. The SMILES string of the molecule is Cc1ccccc1C1CCCN1CC(=O)Nc1ccc(N2CCOCC2)cc1. The lowest BCUT2D eigenvalue weighted by molar-refractivity contribution is -0.117. The topological polar surface area (TPSA) is 44.8 Å². The van der Waals surface area contributed by atoms with Gasteiger partial charge in [-0.15, -0.1) is 0 Å². The molecule has 2 aromatic rings. The monoisotopic (exact) mass is 379 g/mol. The number of aryl methyl sites for hydroxylation is 1. The minimum absolute atomic E-state index is 0.0552. The van der Waals surface area contributed by atoms with E-state index in [-0.39, 0.29) is 5.91 Å². The number of carbonyl (C=O) groups excluding carboxylic acids is 1. The van der Waals surface area contributed by atoms with Gasteiger partial charge in [-0.25, -0.2) is 0 Å². The molecule has 2 saturated heterocycles. The van der Waals surface area contributed by atoms with E-state index >= 15 is 0 Å². The summed E-state index contributed by atoms with van der Waals surface area (Å²) < 4.78 is 5.41. The molecule has 4 rings (SSSR count). The highest BCUT2D eigenvalue weighted by atomic mass is 16.5. The summed E-state index contributed by atoms with van der Waals surface area (Å²) in [6.07, 6.45) is 2.26. The fourth-order valence-electron chi connectivity index (χ4n) is 4.29. The van der Waals surface area contributed by atoms with Gasteiger partial charge in [-0.1, -0.05) is 24.3 Å². The lowest BCUT2D eigenvalue weighted by Crippen LogP contribution is -2.36. The number of nitrogens with zero attached hydrogens (tertiary/aromatic N) is 2. The van der Waals surface area contributed by atoms with E-state index < -0.39 is 0 Å².